The lowest BCUT2D eigenvalue weighted by Crippen LogP contribution is -2.35. The molecule has 0 unspecified atom stereocenters. The highest BCUT2D eigenvalue weighted by atomic mass is 16.4. The van der Waals surface area contributed by atoms with Crippen molar-refractivity contribution in [1.82, 2.24) is 20.2 Å². The van der Waals surface area contributed by atoms with Gasteiger partial charge in [-0.15, -0.1) is 0 Å². The first-order valence-electron chi connectivity index (χ1n) is 13.3. The highest BCUT2D eigenvalue weighted by Crippen LogP contribution is 2.37. The molecule has 3 N–H and O–H groups in total. The summed E-state index contributed by atoms with van der Waals surface area (Å²) < 4.78 is 6.03. The summed E-state index contributed by atoms with van der Waals surface area (Å²) in [4.78, 5) is 36.0. The summed E-state index contributed by atoms with van der Waals surface area (Å²) in [6, 6.07) is 15.4. The standard InChI is InChI=1S/C31H33N5O3/c1-5-36(6-2)15-14-32-30(38)28-19(3)26(34-20(28)4)17-24-23-16-22(12-13-25(23)35-29(24)37)27-18-33-31(39-27)21-10-8-7-9-11-21/h7-13,16-18,34H,5-6,14-15H2,1-4H3,(H,32,38)(H,35,37). The van der Waals surface area contributed by atoms with E-state index in [0.717, 1.165) is 59.0 Å². The average Bonchev–Trinajstić information content (AvgIpc) is 3.63. The lowest BCUT2D eigenvalue weighted by Gasteiger charge is -2.18. The van der Waals surface area contributed by atoms with Crippen molar-refractivity contribution in [3.05, 3.63) is 82.8 Å². The molecule has 0 atom stereocenters. The molecule has 5 rings (SSSR count). The van der Waals surface area contributed by atoms with Crippen molar-refractivity contribution in [2.24, 2.45) is 0 Å². The van der Waals surface area contributed by atoms with Gasteiger partial charge in [0, 0.05) is 46.9 Å². The Hall–Kier alpha value is -4.43. The van der Waals surface area contributed by atoms with Crippen LogP contribution in [0, 0.1) is 13.8 Å². The number of H-pyrrole nitrogens is 1. The largest absolute Gasteiger partial charge is 0.436 e. The predicted octanol–water partition coefficient (Wildman–Crippen LogP) is 5.52. The van der Waals surface area contributed by atoms with Gasteiger partial charge in [-0.1, -0.05) is 32.0 Å². The van der Waals surface area contributed by atoms with E-state index in [0.29, 0.717) is 29.3 Å². The monoisotopic (exact) mass is 523 g/mol. The molecule has 0 radical (unpaired) electrons. The van der Waals surface area contributed by atoms with Crippen LogP contribution < -0.4 is 10.6 Å². The summed E-state index contributed by atoms with van der Waals surface area (Å²) in [5.74, 6) is 0.847. The molecule has 0 fully saturated rings. The number of rotatable bonds is 9. The molecular weight excluding hydrogens is 490 g/mol. The number of nitrogens with zero attached hydrogens (tertiary/aromatic N) is 2. The Kier molecular flexibility index (Phi) is 7.47. The summed E-state index contributed by atoms with van der Waals surface area (Å²) in [6.45, 7) is 11.3. The Morgan fingerprint density at radius 1 is 1.08 bits per heavy atom. The minimum absolute atomic E-state index is 0.115. The van der Waals surface area contributed by atoms with Crippen molar-refractivity contribution >= 4 is 29.2 Å². The summed E-state index contributed by atoms with van der Waals surface area (Å²) >= 11 is 0. The van der Waals surface area contributed by atoms with E-state index in [2.05, 4.69) is 39.3 Å². The van der Waals surface area contributed by atoms with Crippen LogP contribution in [0.4, 0.5) is 5.69 Å². The van der Waals surface area contributed by atoms with E-state index in [1.165, 1.54) is 0 Å². The van der Waals surface area contributed by atoms with E-state index in [-0.39, 0.29) is 11.8 Å². The molecule has 200 valence electrons. The van der Waals surface area contributed by atoms with Gasteiger partial charge in [0.2, 0.25) is 5.89 Å². The fourth-order valence-corrected chi connectivity index (χ4v) is 4.97. The fourth-order valence-electron chi connectivity index (χ4n) is 4.97. The lowest BCUT2D eigenvalue weighted by atomic mass is 10.0. The second-order valence-electron chi connectivity index (χ2n) is 9.61. The van der Waals surface area contributed by atoms with Crippen molar-refractivity contribution in [2.45, 2.75) is 27.7 Å². The van der Waals surface area contributed by atoms with Crippen molar-refractivity contribution in [1.29, 1.82) is 0 Å². The van der Waals surface area contributed by atoms with Crippen molar-refractivity contribution < 1.29 is 14.0 Å². The third kappa shape index (κ3) is 5.28. The lowest BCUT2D eigenvalue weighted by molar-refractivity contribution is -0.110. The number of aromatic nitrogens is 2. The molecule has 0 spiro atoms. The van der Waals surface area contributed by atoms with Crippen LogP contribution in [0.1, 0.15) is 46.7 Å². The van der Waals surface area contributed by atoms with E-state index in [9.17, 15) is 9.59 Å². The zero-order chi connectivity index (χ0) is 27.5. The third-order valence-electron chi connectivity index (χ3n) is 7.21. The van der Waals surface area contributed by atoms with Gasteiger partial charge in [0.15, 0.2) is 5.76 Å². The first kappa shape index (κ1) is 26.2. The van der Waals surface area contributed by atoms with Crippen molar-refractivity contribution in [3.8, 4) is 22.8 Å². The van der Waals surface area contributed by atoms with E-state index >= 15 is 0 Å². The van der Waals surface area contributed by atoms with Crippen LogP contribution in [0.5, 0.6) is 0 Å². The summed E-state index contributed by atoms with van der Waals surface area (Å²) in [5, 5.41) is 5.97. The Morgan fingerprint density at radius 2 is 1.85 bits per heavy atom. The Morgan fingerprint density at radius 3 is 2.59 bits per heavy atom. The zero-order valence-corrected chi connectivity index (χ0v) is 22.7. The number of anilines is 1. The molecule has 1 aliphatic rings. The van der Waals surface area contributed by atoms with E-state index < -0.39 is 0 Å². The predicted molar refractivity (Wildman–Crippen MR) is 154 cm³/mol. The molecule has 2 amide bonds. The number of hydrogen-bond donors (Lipinski definition) is 3. The van der Waals surface area contributed by atoms with Crippen LogP contribution in [0.3, 0.4) is 0 Å². The van der Waals surface area contributed by atoms with E-state index in [1.54, 1.807) is 6.20 Å². The third-order valence-corrected chi connectivity index (χ3v) is 7.21. The van der Waals surface area contributed by atoms with Gasteiger partial charge < -0.3 is 24.9 Å². The van der Waals surface area contributed by atoms with Crippen LogP contribution in [-0.4, -0.2) is 52.9 Å². The van der Waals surface area contributed by atoms with Crippen molar-refractivity contribution in [3.63, 3.8) is 0 Å². The van der Waals surface area contributed by atoms with Gasteiger partial charge >= 0.3 is 0 Å². The van der Waals surface area contributed by atoms with Crippen LogP contribution in [0.15, 0.2) is 59.1 Å². The van der Waals surface area contributed by atoms with Gasteiger partial charge in [-0.25, -0.2) is 4.98 Å². The highest BCUT2D eigenvalue weighted by molar-refractivity contribution is 6.35. The van der Waals surface area contributed by atoms with E-state index in [4.69, 9.17) is 4.42 Å². The maximum absolute atomic E-state index is 13.0. The van der Waals surface area contributed by atoms with Crippen LogP contribution in [-0.2, 0) is 4.79 Å². The first-order valence-corrected chi connectivity index (χ1v) is 13.3. The number of benzene rings is 2. The molecule has 8 nitrogen and oxygen atoms in total. The van der Waals surface area contributed by atoms with Gasteiger partial charge in [0.1, 0.15) is 0 Å². The van der Waals surface area contributed by atoms with Crippen LogP contribution in [0.25, 0.3) is 34.4 Å². The van der Waals surface area contributed by atoms with Gasteiger partial charge in [-0.3, -0.25) is 9.59 Å². The van der Waals surface area contributed by atoms with Gasteiger partial charge in [-0.2, -0.15) is 0 Å². The molecule has 39 heavy (non-hydrogen) atoms. The molecule has 0 saturated carbocycles. The van der Waals surface area contributed by atoms with Gasteiger partial charge in [-0.05, 0) is 68.9 Å². The molecule has 1 aliphatic heterocycles. The number of aryl methyl sites for hydroxylation is 1. The molecular formula is C31H33N5O3. The first-order chi connectivity index (χ1) is 18.9. The number of carbonyl (C=O) groups is 2. The number of hydrogen-bond acceptors (Lipinski definition) is 5. The molecule has 4 aromatic rings. The Labute approximate surface area is 228 Å². The topological polar surface area (TPSA) is 103 Å². The highest BCUT2D eigenvalue weighted by Gasteiger charge is 2.26. The maximum atomic E-state index is 13.0. The maximum Gasteiger partial charge on any atom is 0.256 e. The van der Waals surface area contributed by atoms with Gasteiger partial charge in [0.05, 0.1) is 17.3 Å². The Balaban J connectivity index is 1.41. The SMILES string of the molecule is CCN(CC)CCNC(=O)c1c(C)[nH]c(C=C2C(=O)Nc3ccc(-c4cnc(-c5ccccc5)o4)cc32)c1C. The quantitative estimate of drug-likeness (QED) is 0.251. The molecule has 2 aromatic heterocycles. The van der Waals surface area contributed by atoms with Crippen molar-refractivity contribution in [2.75, 3.05) is 31.5 Å². The second kappa shape index (κ2) is 11.1. The molecule has 0 saturated heterocycles. The number of aromatic amines is 1. The molecule has 0 aliphatic carbocycles. The van der Waals surface area contributed by atoms with Crippen LogP contribution in [0.2, 0.25) is 0 Å². The number of nitrogens with one attached hydrogen (secondary N) is 3. The molecule has 2 aromatic carbocycles. The summed E-state index contributed by atoms with van der Waals surface area (Å²) in [6.07, 6.45) is 3.51. The fraction of sp³-hybridized carbons (Fsp3) is 0.258. The molecule has 8 heteroatoms. The number of carbonyl (C=O) groups excluding carboxylic acids is 2. The van der Waals surface area contributed by atoms with Gasteiger partial charge in [0.25, 0.3) is 11.8 Å². The smallest absolute Gasteiger partial charge is 0.256 e. The number of oxazole rings is 1. The minimum Gasteiger partial charge on any atom is -0.436 e. The second-order valence-corrected chi connectivity index (χ2v) is 9.61. The number of likely N-dealkylation sites (N-methyl/N-ethyl adjacent to an activating group) is 1. The summed E-state index contributed by atoms with van der Waals surface area (Å²) in [5.41, 5.74) is 6.65. The molecule has 3 heterocycles. The molecule has 0 bridgehead atoms. The average molecular weight is 524 g/mol. The normalized spacial score (nSPS) is 13.7. The van der Waals surface area contributed by atoms with E-state index in [1.807, 2.05) is 68.5 Å². The minimum atomic E-state index is -0.193. The summed E-state index contributed by atoms with van der Waals surface area (Å²) in [7, 11) is 0. The van der Waals surface area contributed by atoms with Crippen LogP contribution >= 0.6 is 0 Å². The number of fused-ring (bicyclic) bond motifs is 1. The zero-order valence-electron chi connectivity index (χ0n) is 22.7. The Bertz CT molecular complexity index is 1540. The number of amides is 2.